The molecule has 0 saturated heterocycles. The first-order chi connectivity index (χ1) is 8.72. The zero-order valence-corrected chi connectivity index (χ0v) is 10.8. The summed E-state index contributed by atoms with van der Waals surface area (Å²) >= 11 is 0. The monoisotopic (exact) mass is 239 g/mol. The predicted molar refractivity (Wildman–Crippen MR) is 75.1 cm³/mol. The van der Waals surface area contributed by atoms with Gasteiger partial charge in [0.1, 0.15) is 0 Å². The Morgan fingerprint density at radius 3 is 2.44 bits per heavy atom. The van der Waals surface area contributed by atoms with Crippen LogP contribution in [0.15, 0.2) is 48.5 Å². The maximum atomic E-state index is 11.0. The summed E-state index contributed by atoms with van der Waals surface area (Å²) in [5, 5.41) is 0. The highest BCUT2D eigenvalue weighted by Gasteiger charge is 2.07. The Labute approximate surface area is 108 Å². The lowest BCUT2D eigenvalue weighted by Gasteiger charge is -2.21. The topological polar surface area (TPSA) is 20.3 Å². The lowest BCUT2D eigenvalue weighted by atomic mass is 10.1. The molecule has 18 heavy (non-hydrogen) atoms. The minimum Gasteiger partial charge on any atom is -0.370 e. The fourth-order valence-electron chi connectivity index (χ4n) is 2.06. The molecule has 0 aliphatic heterocycles. The van der Waals surface area contributed by atoms with E-state index in [0.717, 1.165) is 24.1 Å². The molecular weight excluding hydrogens is 222 g/mol. The number of aldehydes is 1. The van der Waals surface area contributed by atoms with E-state index in [1.807, 2.05) is 43.4 Å². The molecule has 0 unspecified atom stereocenters. The van der Waals surface area contributed by atoms with Crippen molar-refractivity contribution in [3.05, 3.63) is 65.2 Å². The number of rotatable bonds is 4. The van der Waals surface area contributed by atoms with E-state index in [1.165, 1.54) is 11.1 Å². The second kappa shape index (κ2) is 5.50. The molecule has 2 aromatic rings. The third kappa shape index (κ3) is 2.59. The van der Waals surface area contributed by atoms with E-state index in [2.05, 4.69) is 24.0 Å². The van der Waals surface area contributed by atoms with E-state index in [1.54, 1.807) is 0 Å². The molecule has 92 valence electrons. The summed E-state index contributed by atoms with van der Waals surface area (Å²) in [6, 6.07) is 16.0. The van der Waals surface area contributed by atoms with Gasteiger partial charge in [0.25, 0.3) is 0 Å². The van der Waals surface area contributed by atoms with Gasteiger partial charge >= 0.3 is 0 Å². The first-order valence-corrected chi connectivity index (χ1v) is 6.02. The molecular formula is C16H17NO. The van der Waals surface area contributed by atoms with E-state index in [0.29, 0.717) is 0 Å². The zero-order chi connectivity index (χ0) is 13.0. The normalized spacial score (nSPS) is 10.1. The molecule has 0 radical (unpaired) electrons. The number of carbonyl (C=O) groups is 1. The van der Waals surface area contributed by atoms with Crippen LogP contribution >= 0.6 is 0 Å². The van der Waals surface area contributed by atoms with E-state index in [9.17, 15) is 4.79 Å². The van der Waals surface area contributed by atoms with E-state index >= 15 is 0 Å². The van der Waals surface area contributed by atoms with Crippen molar-refractivity contribution in [2.24, 2.45) is 0 Å². The van der Waals surface area contributed by atoms with Crippen LogP contribution in [0.1, 0.15) is 21.5 Å². The van der Waals surface area contributed by atoms with E-state index in [4.69, 9.17) is 0 Å². The van der Waals surface area contributed by atoms with Crippen molar-refractivity contribution in [2.45, 2.75) is 13.5 Å². The van der Waals surface area contributed by atoms with Gasteiger partial charge in [0.2, 0.25) is 0 Å². The predicted octanol–water partition coefficient (Wildman–Crippen LogP) is 3.44. The molecule has 2 nitrogen and oxygen atoms in total. The van der Waals surface area contributed by atoms with E-state index < -0.39 is 0 Å². The van der Waals surface area contributed by atoms with Crippen molar-refractivity contribution in [3.63, 3.8) is 0 Å². The molecule has 0 bridgehead atoms. The molecule has 0 aliphatic rings. The SMILES string of the molecule is Cc1ccccc1CN(C)c1ccccc1C=O. The highest BCUT2D eigenvalue weighted by atomic mass is 16.1. The lowest BCUT2D eigenvalue weighted by Crippen LogP contribution is -2.18. The Hall–Kier alpha value is -2.09. The summed E-state index contributed by atoms with van der Waals surface area (Å²) in [5.41, 5.74) is 4.25. The van der Waals surface area contributed by atoms with Crippen LogP contribution in [0, 0.1) is 6.92 Å². The maximum absolute atomic E-state index is 11.0. The van der Waals surface area contributed by atoms with Crippen molar-refractivity contribution >= 4 is 12.0 Å². The molecule has 0 atom stereocenters. The van der Waals surface area contributed by atoms with Gasteiger partial charge in [-0.3, -0.25) is 4.79 Å². The van der Waals surface area contributed by atoms with Crippen LogP contribution in [0.25, 0.3) is 0 Å². The number of carbonyl (C=O) groups excluding carboxylic acids is 1. The number of benzene rings is 2. The fourth-order valence-corrected chi connectivity index (χ4v) is 2.06. The van der Waals surface area contributed by atoms with Crippen LogP contribution in [0.5, 0.6) is 0 Å². The average molecular weight is 239 g/mol. The molecule has 2 aromatic carbocycles. The minimum atomic E-state index is 0.730. The molecule has 0 aromatic heterocycles. The fraction of sp³-hybridized carbons (Fsp3) is 0.188. The van der Waals surface area contributed by atoms with Crippen LogP contribution in [-0.2, 0) is 6.54 Å². The van der Waals surface area contributed by atoms with Gasteiger partial charge in [-0.15, -0.1) is 0 Å². The smallest absolute Gasteiger partial charge is 0.152 e. The molecule has 0 N–H and O–H groups in total. The van der Waals surface area contributed by atoms with E-state index in [-0.39, 0.29) is 0 Å². The van der Waals surface area contributed by atoms with Crippen molar-refractivity contribution in [3.8, 4) is 0 Å². The van der Waals surface area contributed by atoms with Gasteiger partial charge in [-0.1, -0.05) is 36.4 Å². The van der Waals surface area contributed by atoms with Crippen LogP contribution in [0.2, 0.25) is 0 Å². The largest absolute Gasteiger partial charge is 0.370 e. The van der Waals surface area contributed by atoms with Gasteiger partial charge in [-0.05, 0) is 30.2 Å². The van der Waals surface area contributed by atoms with Gasteiger partial charge in [0.15, 0.2) is 6.29 Å². The Balaban J connectivity index is 2.25. The Morgan fingerprint density at radius 2 is 1.72 bits per heavy atom. The molecule has 0 fully saturated rings. The molecule has 2 rings (SSSR count). The highest BCUT2D eigenvalue weighted by molar-refractivity contribution is 5.84. The first kappa shape index (κ1) is 12.4. The quantitative estimate of drug-likeness (QED) is 0.762. The van der Waals surface area contributed by atoms with Gasteiger partial charge in [-0.2, -0.15) is 0 Å². The Kier molecular flexibility index (Phi) is 3.78. The van der Waals surface area contributed by atoms with Crippen LogP contribution in [-0.4, -0.2) is 13.3 Å². The van der Waals surface area contributed by atoms with Gasteiger partial charge in [0.05, 0.1) is 0 Å². The molecule has 0 spiro atoms. The van der Waals surface area contributed by atoms with Crippen molar-refractivity contribution in [1.29, 1.82) is 0 Å². The van der Waals surface area contributed by atoms with Gasteiger partial charge in [0, 0.05) is 24.8 Å². The van der Waals surface area contributed by atoms with Gasteiger partial charge in [-0.25, -0.2) is 0 Å². The first-order valence-electron chi connectivity index (χ1n) is 6.02. The molecule has 0 aliphatic carbocycles. The summed E-state index contributed by atoms with van der Waals surface area (Å²) in [6.45, 7) is 2.91. The van der Waals surface area contributed by atoms with Crippen LogP contribution in [0.3, 0.4) is 0 Å². The number of nitrogens with zero attached hydrogens (tertiary/aromatic N) is 1. The molecule has 0 amide bonds. The summed E-state index contributed by atoms with van der Waals surface area (Å²) < 4.78 is 0. The molecule has 0 saturated carbocycles. The number of para-hydroxylation sites is 1. The summed E-state index contributed by atoms with van der Waals surface area (Å²) in [6.07, 6.45) is 0.906. The maximum Gasteiger partial charge on any atom is 0.152 e. The highest BCUT2D eigenvalue weighted by Crippen LogP contribution is 2.20. The number of hydrogen-bond donors (Lipinski definition) is 0. The third-order valence-corrected chi connectivity index (χ3v) is 3.14. The Morgan fingerprint density at radius 1 is 1.06 bits per heavy atom. The number of anilines is 1. The van der Waals surface area contributed by atoms with Crippen LogP contribution < -0.4 is 4.90 Å². The zero-order valence-electron chi connectivity index (χ0n) is 10.8. The van der Waals surface area contributed by atoms with Crippen molar-refractivity contribution in [1.82, 2.24) is 0 Å². The minimum absolute atomic E-state index is 0.730. The van der Waals surface area contributed by atoms with Crippen molar-refractivity contribution < 1.29 is 4.79 Å². The summed E-state index contributed by atoms with van der Waals surface area (Å²) in [4.78, 5) is 13.1. The third-order valence-electron chi connectivity index (χ3n) is 3.14. The summed E-state index contributed by atoms with van der Waals surface area (Å²) in [5.74, 6) is 0. The number of aryl methyl sites for hydroxylation is 1. The second-order valence-electron chi connectivity index (χ2n) is 4.46. The standard InChI is InChI=1S/C16H17NO/c1-13-7-3-4-8-14(13)11-17(2)16-10-6-5-9-15(16)12-18/h3-10,12H,11H2,1-2H3. The molecule has 0 heterocycles. The van der Waals surface area contributed by atoms with Gasteiger partial charge < -0.3 is 4.90 Å². The molecule has 2 heteroatoms. The van der Waals surface area contributed by atoms with Crippen molar-refractivity contribution in [2.75, 3.05) is 11.9 Å². The second-order valence-corrected chi connectivity index (χ2v) is 4.46. The number of hydrogen-bond acceptors (Lipinski definition) is 2. The Bertz CT molecular complexity index is 548. The average Bonchev–Trinajstić information content (AvgIpc) is 2.41. The summed E-state index contributed by atoms with van der Waals surface area (Å²) in [7, 11) is 2.01. The van der Waals surface area contributed by atoms with Crippen LogP contribution in [0.4, 0.5) is 5.69 Å². The lowest BCUT2D eigenvalue weighted by molar-refractivity contribution is 0.112.